The third-order valence-electron chi connectivity index (χ3n) is 4.51. The number of thiazole rings is 1. The molecule has 0 bridgehead atoms. The van der Waals surface area contributed by atoms with Gasteiger partial charge in [0.05, 0.1) is 16.3 Å². The average molecular weight is 406 g/mol. The summed E-state index contributed by atoms with van der Waals surface area (Å²) in [5, 5.41) is 3.14. The van der Waals surface area contributed by atoms with Gasteiger partial charge in [0.1, 0.15) is 11.9 Å². The quantitative estimate of drug-likeness (QED) is 0.595. The molecule has 0 aliphatic carbocycles. The maximum absolute atomic E-state index is 12.5. The molecule has 1 aromatic rings. The van der Waals surface area contributed by atoms with Crippen LogP contribution in [0.25, 0.3) is 5.70 Å². The Balaban J connectivity index is 2.07. The predicted molar refractivity (Wildman–Crippen MR) is 113 cm³/mol. The Kier molecular flexibility index (Phi) is 7.16. The lowest BCUT2D eigenvalue weighted by molar-refractivity contribution is -0.121. The summed E-state index contributed by atoms with van der Waals surface area (Å²) >= 11 is 1.26. The summed E-state index contributed by atoms with van der Waals surface area (Å²) in [5.41, 5.74) is 12.7. The first-order valence-corrected chi connectivity index (χ1v) is 9.80. The molecule has 0 aromatic carbocycles. The van der Waals surface area contributed by atoms with Crippen LogP contribution in [-0.4, -0.2) is 59.1 Å². The number of hydrogen-bond acceptors (Lipinski definition) is 7. The number of rotatable bonds is 7. The summed E-state index contributed by atoms with van der Waals surface area (Å²) in [4.78, 5) is 36.6. The molecule has 5 N–H and O–H groups in total. The van der Waals surface area contributed by atoms with Crippen molar-refractivity contribution in [1.82, 2.24) is 14.8 Å². The Bertz CT molecular complexity index is 815. The maximum Gasteiger partial charge on any atom is 0.324 e. The van der Waals surface area contributed by atoms with Gasteiger partial charge in [-0.05, 0) is 32.8 Å². The van der Waals surface area contributed by atoms with E-state index in [-0.39, 0.29) is 6.03 Å². The topological polar surface area (TPSA) is 130 Å². The summed E-state index contributed by atoms with van der Waals surface area (Å²) in [6, 6.07) is -0.958. The molecular formula is C18H27N7O2S. The van der Waals surface area contributed by atoms with Gasteiger partial charge in [0.2, 0.25) is 5.91 Å². The van der Waals surface area contributed by atoms with E-state index in [0.29, 0.717) is 35.3 Å². The lowest BCUT2D eigenvalue weighted by atomic mass is 10.2. The van der Waals surface area contributed by atoms with Crippen LogP contribution in [0.4, 0.5) is 9.93 Å². The van der Waals surface area contributed by atoms with Gasteiger partial charge in [-0.25, -0.2) is 14.8 Å². The van der Waals surface area contributed by atoms with Crippen molar-refractivity contribution in [1.29, 1.82) is 0 Å². The van der Waals surface area contributed by atoms with Crippen LogP contribution in [0.3, 0.4) is 0 Å². The minimum Gasteiger partial charge on any atom is -0.397 e. The second-order valence-corrected chi connectivity index (χ2v) is 7.45. The Labute approximate surface area is 168 Å². The number of carbonyl (C=O) groups excluding carboxylic acids is 2. The van der Waals surface area contributed by atoms with Crippen LogP contribution >= 0.6 is 11.3 Å². The van der Waals surface area contributed by atoms with E-state index >= 15 is 0 Å². The molecule has 3 amide bonds. The van der Waals surface area contributed by atoms with Crippen LogP contribution in [0.5, 0.6) is 0 Å². The van der Waals surface area contributed by atoms with Gasteiger partial charge in [-0.3, -0.25) is 10.1 Å². The summed E-state index contributed by atoms with van der Waals surface area (Å²) < 4.78 is 0. The van der Waals surface area contributed by atoms with Gasteiger partial charge in [-0.2, -0.15) is 0 Å². The number of anilines is 1. The van der Waals surface area contributed by atoms with Crippen molar-refractivity contribution in [3.63, 3.8) is 0 Å². The second kappa shape index (κ2) is 9.36. The Morgan fingerprint density at radius 2 is 2.21 bits per heavy atom. The first-order chi connectivity index (χ1) is 13.2. The fourth-order valence-corrected chi connectivity index (χ4v) is 3.64. The van der Waals surface area contributed by atoms with Crippen molar-refractivity contribution in [2.75, 3.05) is 25.5 Å². The molecule has 28 heavy (non-hydrogen) atoms. The van der Waals surface area contributed by atoms with E-state index in [2.05, 4.69) is 21.9 Å². The highest BCUT2D eigenvalue weighted by molar-refractivity contribution is 7.16. The Morgan fingerprint density at radius 3 is 2.86 bits per heavy atom. The highest BCUT2D eigenvalue weighted by atomic mass is 32.1. The molecule has 0 unspecified atom stereocenters. The number of urea groups is 1. The minimum atomic E-state index is -0.573. The fourth-order valence-electron chi connectivity index (χ4n) is 2.75. The number of aliphatic imine (C=N–C) groups is 1. The van der Waals surface area contributed by atoms with Crippen LogP contribution in [0, 0.1) is 6.92 Å². The Morgan fingerprint density at radius 1 is 1.50 bits per heavy atom. The van der Waals surface area contributed by atoms with Crippen LogP contribution in [0.1, 0.15) is 30.3 Å². The number of amides is 3. The SMILES string of the molecule is C=C(N=C/C=C(\N)c1sc(NC(=O)N2CCC[C@H]2C(N)=O)nc1C)N(C)CC. The summed E-state index contributed by atoms with van der Waals surface area (Å²) in [6.45, 7) is 8.99. The van der Waals surface area contributed by atoms with E-state index in [0.717, 1.165) is 17.8 Å². The molecule has 2 heterocycles. The molecule has 10 heteroatoms. The molecule has 1 atom stereocenters. The number of primary amides is 1. The van der Waals surface area contributed by atoms with Crippen molar-refractivity contribution >= 4 is 40.3 Å². The van der Waals surface area contributed by atoms with Gasteiger partial charge in [0, 0.05) is 26.4 Å². The minimum absolute atomic E-state index is 0.385. The number of allylic oxidation sites excluding steroid dienone is 1. The molecule has 1 fully saturated rings. The highest BCUT2D eigenvalue weighted by Crippen LogP contribution is 2.27. The molecule has 1 saturated heterocycles. The number of nitrogens with zero attached hydrogens (tertiary/aromatic N) is 4. The number of aryl methyl sites for hydroxylation is 1. The Hall–Kier alpha value is -2.88. The van der Waals surface area contributed by atoms with Crippen LogP contribution in [-0.2, 0) is 4.79 Å². The monoisotopic (exact) mass is 405 g/mol. The molecular weight excluding hydrogens is 378 g/mol. The number of nitrogens with two attached hydrogens (primary N) is 2. The molecule has 1 aliphatic heterocycles. The third-order valence-corrected chi connectivity index (χ3v) is 5.63. The fraction of sp³-hybridized carbons (Fsp3) is 0.444. The molecule has 152 valence electrons. The van der Waals surface area contributed by atoms with Gasteiger partial charge in [-0.15, -0.1) is 0 Å². The highest BCUT2D eigenvalue weighted by Gasteiger charge is 2.33. The van der Waals surface area contributed by atoms with Gasteiger partial charge < -0.3 is 21.3 Å². The standard InChI is InChI=1S/C18H27N7O2S/c1-5-24(4)12(3)21-9-8-13(19)15-11(2)22-17(28-15)23-18(27)25-10-6-7-14(25)16(20)26/h8-9,14H,3,5-7,10,19H2,1-2,4H3,(H2,20,26)(H,22,23,27)/b13-8-,21-9?/t14-/m0/s1. The first-order valence-electron chi connectivity index (χ1n) is 8.99. The molecule has 1 aliphatic rings. The van der Waals surface area contributed by atoms with Crippen molar-refractivity contribution in [3.05, 3.63) is 29.0 Å². The van der Waals surface area contributed by atoms with Crippen molar-refractivity contribution < 1.29 is 9.59 Å². The molecule has 0 saturated carbocycles. The van der Waals surface area contributed by atoms with E-state index in [1.807, 2.05) is 25.8 Å². The number of aromatic nitrogens is 1. The van der Waals surface area contributed by atoms with Crippen LogP contribution in [0.15, 0.2) is 23.5 Å². The van der Waals surface area contributed by atoms with Crippen molar-refractivity contribution in [2.45, 2.75) is 32.7 Å². The smallest absolute Gasteiger partial charge is 0.324 e. The lowest BCUT2D eigenvalue weighted by Crippen LogP contribution is -2.45. The normalized spacial score (nSPS) is 17.2. The maximum atomic E-state index is 12.5. The predicted octanol–water partition coefficient (Wildman–Crippen LogP) is 1.73. The second-order valence-electron chi connectivity index (χ2n) is 6.45. The van der Waals surface area contributed by atoms with E-state index in [1.54, 1.807) is 12.3 Å². The van der Waals surface area contributed by atoms with Crippen LogP contribution < -0.4 is 16.8 Å². The largest absolute Gasteiger partial charge is 0.397 e. The average Bonchev–Trinajstić information content (AvgIpc) is 3.27. The third kappa shape index (κ3) is 5.10. The molecule has 0 radical (unpaired) electrons. The van der Waals surface area contributed by atoms with Crippen molar-refractivity contribution in [3.8, 4) is 0 Å². The zero-order chi connectivity index (χ0) is 20.8. The molecule has 2 rings (SSSR count). The molecule has 1 aromatic heterocycles. The van der Waals surface area contributed by atoms with Gasteiger partial charge in [0.15, 0.2) is 5.13 Å². The van der Waals surface area contributed by atoms with E-state index in [1.165, 1.54) is 16.2 Å². The van der Waals surface area contributed by atoms with E-state index < -0.39 is 11.9 Å². The van der Waals surface area contributed by atoms with Crippen LogP contribution in [0.2, 0.25) is 0 Å². The number of nitrogens with one attached hydrogen (secondary N) is 1. The van der Waals surface area contributed by atoms with E-state index in [9.17, 15) is 9.59 Å². The van der Waals surface area contributed by atoms with Crippen molar-refractivity contribution in [2.24, 2.45) is 16.5 Å². The van der Waals surface area contributed by atoms with Gasteiger partial charge in [0.25, 0.3) is 0 Å². The number of carbonyl (C=O) groups is 2. The summed E-state index contributed by atoms with van der Waals surface area (Å²) in [6.07, 6.45) is 4.59. The summed E-state index contributed by atoms with van der Waals surface area (Å²) in [5.74, 6) is 0.139. The molecule has 9 nitrogen and oxygen atoms in total. The molecule has 0 spiro atoms. The first kappa shape index (κ1) is 21.4. The van der Waals surface area contributed by atoms with E-state index in [4.69, 9.17) is 11.5 Å². The summed E-state index contributed by atoms with van der Waals surface area (Å²) in [7, 11) is 1.90. The van der Waals surface area contributed by atoms with Gasteiger partial charge in [-0.1, -0.05) is 17.9 Å². The van der Waals surface area contributed by atoms with Gasteiger partial charge >= 0.3 is 6.03 Å². The number of hydrogen-bond donors (Lipinski definition) is 3. The zero-order valence-electron chi connectivity index (χ0n) is 16.4. The zero-order valence-corrected chi connectivity index (χ0v) is 17.3. The number of likely N-dealkylation sites (tertiary alicyclic amines) is 1. The lowest BCUT2D eigenvalue weighted by Gasteiger charge is -2.21.